The molecule has 1 heterocycles. The van der Waals surface area contributed by atoms with Crippen LogP contribution in [0.4, 0.5) is 0 Å². The third kappa shape index (κ3) is 6.85. The number of nitriles is 1. The minimum absolute atomic E-state index is 0.0909. The van der Waals surface area contributed by atoms with Gasteiger partial charge in [0, 0.05) is 26.7 Å². The van der Waals surface area contributed by atoms with Crippen LogP contribution in [-0.2, 0) is 19.0 Å². The quantitative estimate of drug-likeness (QED) is 0.257. The SMILES string of the molecule is COCCOC(=O)/C(C#N)=C/c1ccc(OCCN2CCOCC2)c(OC)c1. The number of carbonyl (C=O) groups excluding carboxylic acids is 1. The van der Waals surface area contributed by atoms with Gasteiger partial charge in [0.1, 0.15) is 24.9 Å². The minimum Gasteiger partial charge on any atom is -0.493 e. The van der Waals surface area contributed by atoms with Crippen molar-refractivity contribution >= 4 is 12.0 Å². The lowest BCUT2D eigenvalue weighted by Crippen LogP contribution is -2.38. The van der Waals surface area contributed by atoms with Crippen LogP contribution in [0.15, 0.2) is 23.8 Å². The van der Waals surface area contributed by atoms with Gasteiger partial charge in [0.2, 0.25) is 0 Å². The van der Waals surface area contributed by atoms with Gasteiger partial charge in [-0.2, -0.15) is 5.26 Å². The van der Waals surface area contributed by atoms with E-state index in [4.69, 9.17) is 23.7 Å². The first kappa shape index (κ1) is 21.7. The zero-order chi connectivity index (χ0) is 20.2. The topological polar surface area (TPSA) is 90.2 Å². The van der Waals surface area contributed by atoms with Gasteiger partial charge < -0.3 is 23.7 Å². The van der Waals surface area contributed by atoms with Gasteiger partial charge in [-0.15, -0.1) is 0 Å². The first-order valence-electron chi connectivity index (χ1n) is 9.06. The Hall–Kier alpha value is -2.60. The summed E-state index contributed by atoms with van der Waals surface area (Å²) < 4.78 is 26.3. The summed E-state index contributed by atoms with van der Waals surface area (Å²) in [5, 5.41) is 9.22. The predicted molar refractivity (Wildman–Crippen MR) is 102 cm³/mol. The molecule has 0 aliphatic carbocycles. The third-order valence-corrected chi connectivity index (χ3v) is 4.13. The van der Waals surface area contributed by atoms with Crippen LogP contribution in [0.3, 0.4) is 0 Å². The van der Waals surface area contributed by atoms with E-state index in [0.717, 1.165) is 32.8 Å². The molecule has 1 aromatic rings. The Morgan fingerprint density at radius 1 is 1.21 bits per heavy atom. The highest BCUT2D eigenvalue weighted by Crippen LogP contribution is 2.29. The Bertz CT molecular complexity index is 707. The lowest BCUT2D eigenvalue weighted by Gasteiger charge is -2.26. The highest BCUT2D eigenvalue weighted by molar-refractivity contribution is 5.97. The van der Waals surface area contributed by atoms with Crippen molar-refractivity contribution in [2.24, 2.45) is 0 Å². The lowest BCUT2D eigenvalue weighted by molar-refractivity contribution is -0.139. The first-order valence-corrected chi connectivity index (χ1v) is 9.06. The molecule has 0 bridgehead atoms. The van der Waals surface area contributed by atoms with Gasteiger partial charge in [-0.3, -0.25) is 4.90 Å². The Labute approximate surface area is 165 Å². The summed E-state index contributed by atoms with van der Waals surface area (Å²) in [7, 11) is 3.05. The van der Waals surface area contributed by atoms with Gasteiger partial charge in [-0.05, 0) is 23.8 Å². The van der Waals surface area contributed by atoms with E-state index in [-0.39, 0.29) is 18.8 Å². The second-order valence-corrected chi connectivity index (χ2v) is 6.01. The molecular formula is C20H26N2O6. The van der Waals surface area contributed by atoms with Gasteiger partial charge in [-0.1, -0.05) is 6.07 Å². The molecule has 1 aliphatic rings. The first-order chi connectivity index (χ1) is 13.7. The number of carbonyl (C=O) groups is 1. The summed E-state index contributed by atoms with van der Waals surface area (Å²) in [6.45, 7) is 5.01. The Kier molecular flexibility index (Phi) is 9.28. The summed E-state index contributed by atoms with van der Waals surface area (Å²) in [5.41, 5.74) is 0.539. The van der Waals surface area contributed by atoms with Crippen molar-refractivity contribution in [2.75, 3.05) is 66.9 Å². The van der Waals surface area contributed by atoms with E-state index in [1.807, 2.05) is 6.07 Å². The molecule has 1 saturated heterocycles. The van der Waals surface area contributed by atoms with E-state index in [2.05, 4.69) is 4.90 Å². The molecule has 0 aromatic heterocycles. The predicted octanol–water partition coefficient (Wildman–Crippen LogP) is 1.50. The number of hydrogen-bond acceptors (Lipinski definition) is 8. The largest absolute Gasteiger partial charge is 0.493 e. The molecule has 0 amide bonds. The van der Waals surface area contributed by atoms with E-state index in [1.54, 1.807) is 25.3 Å². The number of esters is 1. The van der Waals surface area contributed by atoms with Crippen molar-refractivity contribution < 1.29 is 28.5 Å². The van der Waals surface area contributed by atoms with Crippen LogP contribution >= 0.6 is 0 Å². The van der Waals surface area contributed by atoms with Crippen molar-refractivity contribution in [2.45, 2.75) is 0 Å². The molecule has 0 N–H and O–H groups in total. The average molecular weight is 390 g/mol. The maximum atomic E-state index is 11.9. The van der Waals surface area contributed by atoms with Crippen LogP contribution in [0.1, 0.15) is 5.56 Å². The third-order valence-electron chi connectivity index (χ3n) is 4.13. The molecule has 28 heavy (non-hydrogen) atoms. The number of rotatable bonds is 10. The van der Waals surface area contributed by atoms with Gasteiger partial charge in [0.25, 0.3) is 0 Å². The number of methoxy groups -OCH3 is 2. The standard InChI is InChI=1S/C20H26N2O6/c1-24-11-12-28-20(23)17(15-21)13-16-3-4-18(19(14-16)25-2)27-10-7-22-5-8-26-9-6-22/h3-4,13-14H,5-12H2,1-2H3/b17-13+. The van der Waals surface area contributed by atoms with Crippen molar-refractivity contribution in [3.63, 3.8) is 0 Å². The molecule has 8 nitrogen and oxygen atoms in total. The molecule has 8 heteroatoms. The van der Waals surface area contributed by atoms with Gasteiger partial charge in [-0.25, -0.2) is 4.79 Å². The van der Waals surface area contributed by atoms with Gasteiger partial charge in [0.05, 0.1) is 26.9 Å². The van der Waals surface area contributed by atoms with E-state index in [1.165, 1.54) is 13.2 Å². The summed E-state index contributed by atoms with van der Waals surface area (Å²) in [6.07, 6.45) is 1.45. The van der Waals surface area contributed by atoms with Crippen LogP contribution < -0.4 is 9.47 Å². The van der Waals surface area contributed by atoms with Gasteiger partial charge >= 0.3 is 5.97 Å². The fourth-order valence-electron chi connectivity index (χ4n) is 2.60. The molecule has 1 aliphatic heterocycles. The molecular weight excluding hydrogens is 364 g/mol. The highest BCUT2D eigenvalue weighted by atomic mass is 16.6. The summed E-state index contributed by atoms with van der Waals surface area (Å²) in [5.74, 6) is 0.444. The molecule has 0 unspecified atom stereocenters. The van der Waals surface area contributed by atoms with E-state index < -0.39 is 5.97 Å². The molecule has 0 spiro atoms. The fraction of sp³-hybridized carbons (Fsp3) is 0.500. The smallest absolute Gasteiger partial charge is 0.348 e. The zero-order valence-corrected chi connectivity index (χ0v) is 16.3. The molecule has 152 valence electrons. The van der Waals surface area contributed by atoms with Gasteiger partial charge in [0.15, 0.2) is 11.5 Å². The van der Waals surface area contributed by atoms with Crippen LogP contribution in [0, 0.1) is 11.3 Å². The van der Waals surface area contributed by atoms with E-state index in [9.17, 15) is 10.1 Å². The average Bonchev–Trinajstić information content (AvgIpc) is 2.73. The lowest BCUT2D eigenvalue weighted by atomic mass is 10.1. The van der Waals surface area contributed by atoms with Crippen molar-refractivity contribution in [1.82, 2.24) is 4.90 Å². The van der Waals surface area contributed by atoms with Crippen LogP contribution in [0.2, 0.25) is 0 Å². The maximum absolute atomic E-state index is 11.9. The number of nitrogens with zero attached hydrogens (tertiary/aromatic N) is 2. The number of benzene rings is 1. The number of morpholine rings is 1. The van der Waals surface area contributed by atoms with Crippen molar-refractivity contribution in [3.8, 4) is 17.6 Å². The number of hydrogen-bond donors (Lipinski definition) is 0. The highest BCUT2D eigenvalue weighted by Gasteiger charge is 2.13. The summed E-state index contributed by atoms with van der Waals surface area (Å²) >= 11 is 0. The van der Waals surface area contributed by atoms with Crippen molar-refractivity contribution in [1.29, 1.82) is 5.26 Å². The van der Waals surface area contributed by atoms with Crippen LogP contribution in [0.5, 0.6) is 11.5 Å². The molecule has 0 saturated carbocycles. The van der Waals surface area contributed by atoms with Crippen LogP contribution in [-0.4, -0.2) is 77.8 Å². The van der Waals surface area contributed by atoms with Crippen molar-refractivity contribution in [3.05, 3.63) is 29.3 Å². The zero-order valence-electron chi connectivity index (χ0n) is 16.3. The monoisotopic (exact) mass is 390 g/mol. The Morgan fingerprint density at radius 2 is 2.00 bits per heavy atom. The summed E-state index contributed by atoms with van der Waals surface area (Å²) in [4.78, 5) is 14.2. The molecule has 0 radical (unpaired) electrons. The Morgan fingerprint density at radius 3 is 2.68 bits per heavy atom. The normalized spacial score (nSPS) is 15.0. The fourth-order valence-corrected chi connectivity index (χ4v) is 2.60. The second kappa shape index (κ2) is 12.0. The van der Waals surface area contributed by atoms with E-state index >= 15 is 0 Å². The summed E-state index contributed by atoms with van der Waals surface area (Å²) in [6, 6.07) is 7.09. The number of ether oxygens (including phenoxy) is 5. The molecule has 1 fully saturated rings. The van der Waals surface area contributed by atoms with E-state index in [0.29, 0.717) is 23.7 Å². The second-order valence-electron chi connectivity index (χ2n) is 6.01. The maximum Gasteiger partial charge on any atom is 0.348 e. The van der Waals surface area contributed by atoms with Crippen LogP contribution in [0.25, 0.3) is 6.08 Å². The molecule has 2 rings (SSSR count). The Balaban J connectivity index is 1.98. The minimum atomic E-state index is -0.690. The molecule has 1 aromatic carbocycles. The molecule has 0 atom stereocenters.